The predicted molar refractivity (Wildman–Crippen MR) is 67.7 cm³/mol. The first-order valence-electron chi connectivity index (χ1n) is 6.44. The van der Waals surface area contributed by atoms with Crippen LogP contribution in [0.5, 0.6) is 0 Å². The predicted octanol–water partition coefficient (Wildman–Crippen LogP) is 2.86. The number of carbonyl (C=O) groups is 1. The third-order valence-electron chi connectivity index (χ3n) is 3.98. The molecule has 0 N–H and O–H groups in total. The van der Waals surface area contributed by atoms with E-state index < -0.39 is 0 Å². The molecule has 1 fully saturated rings. The Bertz CT molecular complexity index is 481. The number of rotatable bonds is 1. The van der Waals surface area contributed by atoms with Gasteiger partial charge in [0.1, 0.15) is 5.82 Å². The van der Waals surface area contributed by atoms with Crippen molar-refractivity contribution in [2.45, 2.75) is 12.8 Å². The fraction of sp³-hybridized carbons (Fsp3) is 0.400. The van der Waals surface area contributed by atoms with Crippen LogP contribution in [0.3, 0.4) is 0 Å². The monoisotopic (exact) mass is 245 g/mol. The molecule has 1 aromatic carbocycles. The minimum atomic E-state index is -0.348. The summed E-state index contributed by atoms with van der Waals surface area (Å²) in [5.41, 5.74) is 0.460. The molecular formula is C15H16FNO. The lowest BCUT2D eigenvalue weighted by Gasteiger charge is -2.17. The number of allylic oxidation sites excluding steroid dienone is 2. The molecule has 3 heteroatoms. The van der Waals surface area contributed by atoms with Crippen LogP contribution in [0.25, 0.3) is 0 Å². The highest BCUT2D eigenvalue weighted by molar-refractivity contribution is 5.94. The largest absolute Gasteiger partial charge is 0.338 e. The van der Waals surface area contributed by atoms with Crippen LogP contribution >= 0.6 is 0 Å². The van der Waals surface area contributed by atoms with Gasteiger partial charge in [-0.25, -0.2) is 4.39 Å². The van der Waals surface area contributed by atoms with Crippen molar-refractivity contribution in [3.8, 4) is 0 Å². The van der Waals surface area contributed by atoms with Gasteiger partial charge < -0.3 is 4.90 Å². The molecule has 2 unspecified atom stereocenters. The van der Waals surface area contributed by atoms with Gasteiger partial charge in [-0.3, -0.25) is 4.79 Å². The van der Waals surface area contributed by atoms with Crippen molar-refractivity contribution in [3.05, 3.63) is 47.8 Å². The average Bonchev–Trinajstić information content (AvgIpc) is 2.81. The standard InChI is InChI=1S/C15H16FNO/c16-14-7-3-6-11(8-14)15(18)17-9-12-4-1-2-5-13(12)10-17/h1-3,6-8,12-13H,4-5,9-10H2. The summed E-state index contributed by atoms with van der Waals surface area (Å²) in [6, 6.07) is 5.96. The molecule has 0 spiro atoms. The Hall–Kier alpha value is -1.64. The molecule has 1 saturated heterocycles. The van der Waals surface area contributed by atoms with Gasteiger partial charge in [-0.15, -0.1) is 0 Å². The molecule has 2 atom stereocenters. The van der Waals surface area contributed by atoms with Gasteiger partial charge in [0.2, 0.25) is 0 Å². The minimum Gasteiger partial charge on any atom is -0.338 e. The van der Waals surface area contributed by atoms with E-state index in [4.69, 9.17) is 0 Å². The van der Waals surface area contributed by atoms with E-state index in [1.807, 2.05) is 4.90 Å². The molecule has 3 rings (SSSR count). The lowest BCUT2D eigenvalue weighted by atomic mass is 9.86. The van der Waals surface area contributed by atoms with Gasteiger partial charge >= 0.3 is 0 Å². The lowest BCUT2D eigenvalue weighted by molar-refractivity contribution is 0.0783. The minimum absolute atomic E-state index is 0.0381. The normalized spacial score (nSPS) is 26.2. The zero-order valence-corrected chi connectivity index (χ0v) is 10.2. The summed E-state index contributed by atoms with van der Waals surface area (Å²) in [5, 5.41) is 0. The quantitative estimate of drug-likeness (QED) is 0.697. The van der Waals surface area contributed by atoms with E-state index in [-0.39, 0.29) is 11.7 Å². The topological polar surface area (TPSA) is 20.3 Å². The first-order valence-corrected chi connectivity index (χ1v) is 6.44. The highest BCUT2D eigenvalue weighted by Gasteiger charge is 2.35. The molecule has 0 saturated carbocycles. The second kappa shape index (κ2) is 4.56. The first kappa shape index (κ1) is 11.5. The van der Waals surface area contributed by atoms with Crippen LogP contribution in [0.4, 0.5) is 4.39 Å². The average molecular weight is 245 g/mol. The maximum absolute atomic E-state index is 13.1. The Morgan fingerprint density at radius 3 is 2.44 bits per heavy atom. The number of carbonyl (C=O) groups excluding carboxylic acids is 1. The lowest BCUT2D eigenvalue weighted by Crippen LogP contribution is -2.29. The van der Waals surface area contributed by atoms with Gasteiger partial charge in [0.05, 0.1) is 0 Å². The summed E-state index contributed by atoms with van der Waals surface area (Å²) in [7, 11) is 0. The van der Waals surface area contributed by atoms with Gasteiger partial charge in [-0.2, -0.15) is 0 Å². The van der Waals surface area contributed by atoms with Crippen LogP contribution in [-0.2, 0) is 0 Å². The third kappa shape index (κ3) is 2.05. The summed E-state index contributed by atoms with van der Waals surface area (Å²) in [6.45, 7) is 1.62. The van der Waals surface area contributed by atoms with E-state index >= 15 is 0 Å². The van der Waals surface area contributed by atoms with E-state index in [0.29, 0.717) is 17.4 Å². The second-order valence-corrected chi connectivity index (χ2v) is 5.18. The van der Waals surface area contributed by atoms with Crippen LogP contribution in [0.2, 0.25) is 0 Å². The molecule has 2 aliphatic rings. The third-order valence-corrected chi connectivity index (χ3v) is 3.98. The van der Waals surface area contributed by atoms with E-state index in [2.05, 4.69) is 12.2 Å². The molecule has 1 aromatic rings. The Morgan fingerprint density at radius 1 is 1.17 bits per heavy atom. The van der Waals surface area contributed by atoms with E-state index in [9.17, 15) is 9.18 Å². The fourth-order valence-corrected chi connectivity index (χ4v) is 2.98. The van der Waals surface area contributed by atoms with E-state index in [0.717, 1.165) is 25.9 Å². The number of halogens is 1. The second-order valence-electron chi connectivity index (χ2n) is 5.18. The number of hydrogen-bond acceptors (Lipinski definition) is 1. The molecule has 0 bridgehead atoms. The Morgan fingerprint density at radius 2 is 1.83 bits per heavy atom. The van der Waals surface area contributed by atoms with Gasteiger partial charge in [0.25, 0.3) is 5.91 Å². The summed E-state index contributed by atoms with van der Waals surface area (Å²) in [6.07, 6.45) is 6.55. The SMILES string of the molecule is O=C(c1cccc(F)c1)N1CC2CC=CCC2C1. The van der Waals surface area contributed by atoms with Crippen molar-refractivity contribution in [1.29, 1.82) is 0 Å². The number of likely N-dealkylation sites (tertiary alicyclic amines) is 1. The van der Waals surface area contributed by atoms with Crippen molar-refractivity contribution >= 4 is 5.91 Å². The molecule has 1 aliphatic heterocycles. The highest BCUT2D eigenvalue weighted by Crippen LogP contribution is 2.33. The number of benzene rings is 1. The van der Waals surface area contributed by atoms with Crippen molar-refractivity contribution in [3.63, 3.8) is 0 Å². The molecule has 1 aliphatic carbocycles. The highest BCUT2D eigenvalue weighted by atomic mass is 19.1. The molecular weight excluding hydrogens is 229 g/mol. The number of nitrogens with zero attached hydrogens (tertiary/aromatic N) is 1. The summed E-state index contributed by atoms with van der Waals surface area (Å²) < 4.78 is 13.1. The summed E-state index contributed by atoms with van der Waals surface area (Å²) in [5.74, 6) is 0.794. The van der Waals surface area contributed by atoms with Gasteiger partial charge in [0, 0.05) is 18.7 Å². The number of amides is 1. The smallest absolute Gasteiger partial charge is 0.253 e. The van der Waals surface area contributed by atoms with Gasteiger partial charge in [0.15, 0.2) is 0 Å². The van der Waals surface area contributed by atoms with Crippen LogP contribution in [0.15, 0.2) is 36.4 Å². The number of fused-ring (bicyclic) bond motifs is 1. The van der Waals surface area contributed by atoms with Crippen LogP contribution in [0, 0.1) is 17.7 Å². The van der Waals surface area contributed by atoms with Crippen LogP contribution in [-0.4, -0.2) is 23.9 Å². The van der Waals surface area contributed by atoms with E-state index in [1.165, 1.54) is 12.1 Å². The molecule has 1 heterocycles. The van der Waals surface area contributed by atoms with Crippen molar-refractivity contribution in [2.24, 2.45) is 11.8 Å². The Labute approximate surface area is 106 Å². The van der Waals surface area contributed by atoms with Crippen LogP contribution in [0.1, 0.15) is 23.2 Å². The zero-order valence-electron chi connectivity index (χ0n) is 10.2. The Kier molecular flexibility index (Phi) is 2.90. The number of hydrogen-bond donors (Lipinski definition) is 0. The molecule has 94 valence electrons. The summed E-state index contributed by atoms with van der Waals surface area (Å²) in [4.78, 5) is 14.2. The van der Waals surface area contributed by atoms with Crippen molar-refractivity contribution < 1.29 is 9.18 Å². The Balaban J connectivity index is 1.75. The fourth-order valence-electron chi connectivity index (χ4n) is 2.98. The first-order chi connectivity index (χ1) is 8.74. The molecule has 18 heavy (non-hydrogen) atoms. The molecule has 1 amide bonds. The molecule has 0 aromatic heterocycles. The van der Waals surface area contributed by atoms with E-state index in [1.54, 1.807) is 12.1 Å². The zero-order chi connectivity index (χ0) is 12.5. The van der Waals surface area contributed by atoms with Gasteiger partial charge in [-0.05, 0) is 42.9 Å². The van der Waals surface area contributed by atoms with Crippen molar-refractivity contribution in [1.82, 2.24) is 4.90 Å². The van der Waals surface area contributed by atoms with Crippen molar-refractivity contribution in [2.75, 3.05) is 13.1 Å². The van der Waals surface area contributed by atoms with Crippen LogP contribution < -0.4 is 0 Å². The molecule has 2 nitrogen and oxygen atoms in total. The van der Waals surface area contributed by atoms with Gasteiger partial charge in [-0.1, -0.05) is 18.2 Å². The maximum Gasteiger partial charge on any atom is 0.253 e. The summed E-state index contributed by atoms with van der Waals surface area (Å²) >= 11 is 0. The molecule has 0 radical (unpaired) electrons. The maximum atomic E-state index is 13.1.